The molecular formula is C18H13BrFN5O2S. The predicted octanol–water partition coefficient (Wildman–Crippen LogP) is 3.71. The van der Waals surface area contributed by atoms with Crippen LogP contribution in [-0.4, -0.2) is 23.4 Å². The number of fused-ring (bicyclic) bond motifs is 1. The van der Waals surface area contributed by atoms with Gasteiger partial charge in [-0.3, -0.25) is 4.72 Å². The summed E-state index contributed by atoms with van der Waals surface area (Å²) in [5, 5.41) is 8.76. The second-order valence-electron chi connectivity index (χ2n) is 5.93. The Morgan fingerprint density at radius 2 is 1.64 bits per heavy atom. The van der Waals surface area contributed by atoms with E-state index in [2.05, 4.69) is 30.8 Å². The molecule has 0 fully saturated rings. The molecule has 10 heteroatoms. The third-order valence-electron chi connectivity index (χ3n) is 4.00. The summed E-state index contributed by atoms with van der Waals surface area (Å²) < 4.78 is 41.0. The van der Waals surface area contributed by atoms with Crippen molar-refractivity contribution in [2.24, 2.45) is 0 Å². The van der Waals surface area contributed by atoms with Crippen molar-refractivity contribution in [2.75, 3.05) is 10.5 Å². The van der Waals surface area contributed by atoms with Gasteiger partial charge in [-0.25, -0.2) is 12.8 Å². The summed E-state index contributed by atoms with van der Waals surface area (Å²) in [4.78, 5) is 1.46. The number of nitrogens with zero attached hydrogens (tertiary/aromatic N) is 3. The van der Waals surface area contributed by atoms with Crippen LogP contribution in [-0.2, 0) is 10.0 Å². The van der Waals surface area contributed by atoms with Crippen LogP contribution in [0.4, 0.5) is 15.8 Å². The monoisotopic (exact) mass is 461 g/mol. The van der Waals surface area contributed by atoms with Crippen LogP contribution in [0.3, 0.4) is 0 Å². The standard InChI is InChI=1S/C18H13BrFN5O2S/c19-17-15(21)9-10-16-18(17)23-25(22-16)13-5-7-14(8-6-13)28(26,27)24-12-3-1-11(20)2-4-12/h1-10,24H,21H2. The number of halogens is 2. The van der Waals surface area contributed by atoms with Crippen LogP contribution in [0.2, 0.25) is 0 Å². The molecule has 0 saturated carbocycles. The molecule has 3 N–H and O–H groups in total. The molecule has 0 aliphatic heterocycles. The second kappa shape index (κ2) is 6.88. The molecule has 0 atom stereocenters. The number of nitrogens with two attached hydrogens (primary N) is 1. The largest absolute Gasteiger partial charge is 0.398 e. The maximum Gasteiger partial charge on any atom is 0.261 e. The van der Waals surface area contributed by atoms with Gasteiger partial charge in [-0.15, -0.1) is 10.2 Å². The number of sulfonamides is 1. The van der Waals surface area contributed by atoms with E-state index in [0.29, 0.717) is 26.9 Å². The minimum atomic E-state index is -3.81. The Labute approximate surface area is 168 Å². The van der Waals surface area contributed by atoms with E-state index in [1.54, 1.807) is 24.3 Å². The first-order chi connectivity index (χ1) is 13.3. The highest BCUT2D eigenvalue weighted by Gasteiger charge is 2.15. The normalized spacial score (nSPS) is 11.6. The lowest BCUT2D eigenvalue weighted by molar-refractivity contribution is 0.601. The van der Waals surface area contributed by atoms with Crippen LogP contribution < -0.4 is 10.5 Å². The zero-order valence-corrected chi connectivity index (χ0v) is 16.6. The van der Waals surface area contributed by atoms with E-state index in [1.807, 2.05) is 0 Å². The molecule has 3 aromatic carbocycles. The molecule has 0 amide bonds. The van der Waals surface area contributed by atoms with Gasteiger partial charge in [-0.1, -0.05) is 0 Å². The molecule has 0 aliphatic rings. The Morgan fingerprint density at radius 1 is 0.964 bits per heavy atom. The van der Waals surface area contributed by atoms with Crippen LogP contribution in [0.1, 0.15) is 0 Å². The van der Waals surface area contributed by atoms with Gasteiger partial charge >= 0.3 is 0 Å². The van der Waals surface area contributed by atoms with E-state index >= 15 is 0 Å². The average molecular weight is 462 g/mol. The van der Waals surface area contributed by atoms with Crippen molar-refractivity contribution in [1.29, 1.82) is 0 Å². The zero-order valence-electron chi connectivity index (χ0n) is 14.2. The van der Waals surface area contributed by atoms with Gasteiger partial charge in [-0.2, -0.15) is 4.80 Å². The molecule has 28 heavy (non-hydrogen) atoms. The summed E-state index contributed by atoms with van der Waals surface area (Å²) in [5.74, 6) is -0.445. The van der Waals surface area contributed by atoms with Gasteiger partial charge in [0.2, 0.25) is 0 Å². The van der Waals surface area contributed by atoms with Crippen LogP contribution in [0.25, 0.3) is 16.7 Å². The van der Waals surface area contributed by atoms with E-state index in [9.17, 15) is 12.8 Å². The lowest BCUT2D eigenvalue weighted by Crippen LogP contribution is -2.13. The van der Waals surface area contributed by atoms with E-state index in [4.69, 9.17) is 5.73 Å². The van der Waals surface area contributed by atoms with Crippen molar-refractivity contribution in [1.82, 2.24) is 15.0 Å². The molecule has 7 nitrogen and oxygen atoms in total. The molecule has 0 spiro atoms. The molecule has 0 unspecified atom stereocenters. The summed E-state index contributed by atoms with van der Waals surface area (Å²) in [6, 6.07) is 14.6. The van der Waals surface area contributed by atoms with Crippen LogP contribution in [0.5, 0.6) is 0 Å². The minimum absolute atomic E-state index is 0.0581. The fourth-order valence-corrected chi connectivity index (χ4v) is 4.04. The molecule has 142 valence electrons. The number of benzene rings is 3. The van der Waals surface area contributed by atoms with Crippen molar-refractivity contribution in [3.63, 3.8) is 0 Å². The number of rotatable bonds is 4. The molecule has 4 aromatic rings. The quantitative estimate of drug-likeness (QED) is 0.451. The molecular weight excluding hydrogens is 449 g/mol. The van der Waals surface area contributed by atoms with Crippen LogP contribution in [0.15, 0.2) is 70.0 Å². The number of anilines is 2. The third-order valence-corrected chi connectivity index (χ3v) is 6.23. The highest BCUT2D eigenvalue weighted by Crippen LogP contribution is 2.27. The first-order valence-corrected chi connectivity index (χ1v) is 10.3. The topological polar surface area (TPSA) is 103 Å². The molecule has 1 heterocycles. The summed E-state index contributed by atoms with van der Waals surface area (Å²) >= 11 is 3.39. The average Bonchev–Trinajstić information content (AvgIpc) is 3.12. The van der Waals surface area contributed by atoms with Crippen LogP contribution in [0, 0.1) is 5.82 Å². The maximum atomic E-state index is 13.0. The lowest BCUT2D eigenvalue weighted by Gasteiger charge is -2.08. The molecule has 1 aromatic heterocycles. The van der Waals surface area contributed by atoms with Crippen molar-refractivity contribution in [3.05, 3.63) is 71.0 Å². The highest BCUT2D eigenvalue weighted by molar-refractivity contribution is 9.10. The van der Waals surface area contributed by atoms with Gasteiger partial charge in [0.15, 0.2) is 0 Å². The first-order valence-electron chi connectivity index (χ1n) is 8.03. The van der Waals surface area contributed by atoms with Crippen molar-refractivity contribution in [3.8, 4) is 5.69 Å². The fourth-order valence-electron chi connectivity index (χ4n) is 2.57. The summed E-state index contributed by atoms with van der Waals surface area (Å²) in [6.07, 6.45) is 0. The number of nitrogen functional groups attached to an aromatic ring is 1. The Hall–Kier alpha value is -2.98. The number of hydrogen-bond donors (Lipinski definition) is 2. The summed E-state index contributed by atoms with van der Waals surface area (Å²) in [5.41, 5.74) is 8.52. The Morgan fingerprint density at radius 3 is 2.32 bits per heavy atom. The number of nitrogens with one attached hydrogen (secondary N) is 1. The van der Waals surface area contributed by atoms with Gasteiger partial charge < -0.3 is 5.73 Å². The third kappa shape index (κ3) is 3.43. The van der Waals surface area contributed by atoms with E-state index in [0.717, 1.165) is 0 Å². The fraction of sp³-hybridized carbons (Fsp3) is 0. The first kappa shape index (κ1) is 18.4. The van der Waals surface area contributed by atoms with Gasteiger partial charge in [0.05, 0.1) is 15.1 Å². The van der Waals surface area contributed by atoms with Crippen molar-refractivity contribution < 1.29 is 12.8 Å². The van der Waals surface area contributed by atoms with Crippen LogP contribution >= 0.6 is 15.9 Å². The summed E-state index contributed by atoms with van der Waals surface area (Å²) in [6.45, 7) is 0. The SMILES string of the molecule is Nc1ccc2nn(-c3ccc(S(=O)(=O)Nc4ccc(F)cc4)cc3)nc2c1Br. The number of hydrogen-bond acceptors (Lipinski definition) is 5. The van der Waals surface area contributed by atoms with Gasteiger partial charge in [0, 0.05) is 11.4 Å². The van der Waals surface area contributed by atoms with Crippen molar-refractivity contribution >= 4 is 48.4 Å². The predicted molar refractivity (Wildman–Crippen MR) is 108 cm³/mol. The Bertz CT molecular complexity index is 1270. The lowest BCUT2D eigenvalue weighted by atomic mass is 10.3. The summed E-state index contributed by atoms with van der Waals surface area (Å²) in [7, 11) is -3.81. The van der Waals surface area contributed by atoms with E-state index in [1.165, 1.54) is 41.2 Å². The number of aromatic nitrogens is 3. The smallest absolute Gasteiger partial charge is 0.261 e. The maximum absolute atomic E-state index is 13.0. The van der Waals surface area contributed by atoms with Gasteiger partial charge in [0.25, 0.3) is 10.0 Å². The molecule has 0 radical (unpaired) electrons. The van der Waals surface area contributed by atoms with Crippen molar-refractivity contribution in [2.45, 2.75) is 4.90 Å². The second-order valence-corrected chi connectivity index (χ2v) is 8.41. The van der Waals surface area contributed by atoms with E-state index < -0.39 is 15.8 Å². The Kier molecular flexibility index (Phi) is 4.52. The van der Waals surface area contributed by atoms with Gasteiger partial charge in [0.1, 0.15) is 16.9 Å². The highest BCUT2D eigenvalue weighted by atomic mass is 79.9. The molecule has 4 rings (SSSR count). The molecule has 0 aliphatic carbocycles. The Balaban J connectivity index is 1.63. The molecule has 0 saturated heterocycles. The van der Waals surface area contributed by atoms with Gasteiger partial charge in [-0.05, 0) is 76.6 Å². The molecule has 0 bridgehead atoms. The van der Waals surface area contributed by atoms with E-state index in [-0.39, 0.29) is 10.6 Å². The minimum Gasteiger partial charge on any atom is -0.398 e. The zero-order chi connectivity index (χ0) is 19.9.